The Bertz CT molecular complexity index is 977. The largest absolute Gasteiger partial charge is 0.365 e. The highest BCUT2D eigenvalue weighted by Gasteiger charge is 2.19. The lowest BCUT2D eigenvalue weighted by Gasteiger charge is -2.22. The fraction of sp³-hybridized carbons (Fsp3) is 0.294. The van der Waals surface area contributed by atoms with Gasteiger partial charge < -0.3 is 26.7 Å². The van der Waals surface area contributed by atoms with E-state index in [-0.39, 0.29) is 23.9 Å². The van der Waals surface area contributed by atoms with Crippen molar-refractivity contribution in [1.82, 2.24) is 19.9 Å². The Morgan fingerprint density at radius 3 is 2.86 bits per heavy atom. The second-order valence-electron chi connectivity index (χ2n) is 6.19. The normalized spacial score (nSPS) is 12.3. The maximum atomic E-state index is 12.4. The number of primary amides is 1. The SMILES string of the molecule is CN(c1nc(NCC(N)CC(F)F)ncc1C(N)=O)c1ccnc2[nH]ccc12. The second kappa shape index (κ2) is 8.13. The molecule has 3 aromatic rings. The number of amides is 1. The minimum atomic E-state index is -2.49. The minimum absolute atomic E-state index is 0.0563. The molecule has 3 rings (SSSR count). The Balaban J connectivity index is 1.92. The maximum Gasteiger partial charge on any atom is 0.254 e. The summed E-state index contributed by atoms with van der Waals surface area (Å²) in [7, 11) is 1.73. The molecule has 0 aromatic carbocycles. The van der Waals surface area contributed by atoms with E-state index in [0.29, 0.717) is 5.65 Å². The molecule has 1 amide bonds. The van der Waals surface area contributed by atoms with Gasteiger partial charge in [0.15, 0.2) is 5.82 Å². The van der Waals surface area contributed by atoms with Crippen molar-refractivity contribution >= 4 is 34.4 Å². The van der Waals surface area contributed by atoms with Gasteiger partial charge in [0.25, 0.3) is 5.91 Å². The van der Waals surface area contributed by atoms with Crippen LogP contribution in [-0.4, -0.2) is 51.9 Å². The van der Waals surface area contributed by atoms with Gasteiger partial charge in [-0.2, -0.15) is 4.98 Å². The predicted molar refractivity (Wildman–Crippen MR) is 102 cm³/mol. The highest BCUT2D eigenvalue weighted by molar-refractivity contribution is 6.00. The summed E-state index contributed by atoms with van der Waals surface area (Å²) in [5.41, 5.74) is 12.6. The highest BCUT2D eigenvalue weighted by Crippen LogP contribution is 2.30. The van der Waals surface area contributed by atoms with Crippen LogP contribution in [0.25, 0.3) is 11.0 Å². The van der Waals surface area contributed by atoms with E-state index in [1.165, 1.54) is 6.20 Å². The van der Waals surface area contributed by atoms with Gasteiger partial charge in [-0.05, 0) is 12.1 Å². The van der Waals surface area contributed by atoms with E-state index in [4.69, 9.17) is 11.5 Å². The number of fused-ring (bicyclic) bond motifs is 1. The summed E-state index contributed by atoms with van der Waals surface area (Å²) < 4.78 is 24.8. The number of pyridine rings is 1. The molecule has 0 saturated heterocycles. The Morgan fingerprint density at radius 1 is 1.36 bits per heavy atom. The number of nitrogens with two attached hydrogens (primary N) is 2. The van der Waals surface area contributed by atoms with Gasteiger partial charge in [0.1, 0.15) is 11.2 Å². The van der Waals surface area contributed by atoms with E-state index < -0.39 is 24.8 Å². The maximum absolute atomic E-state index is 12.4. The topological polar surface area (TPSA) is 139 Å². The third-order valence-corrected chi connectivity index (χ3v) is 4.15. The van der Waals surface area contributed by atoms with Gasteiger partial charge in [-0.1, -0.05) is 0 Å². The van der Waals surface area contributed by atoms with Crippen molar-refractivity contribution in [3.8, 4) is 0 Å². The second-order valence-corrected chi connectivity index (χ2v) is 6.19. The van der Waals surface area contributed by atoms with Crippen molar-refractivity contribution in [3.05, 3.63) is 36.3 Å². The molecule has 148 valence electrons. The van der Waals surface area contributed by atoms with Gasteiger partial charge in [-0.3, -0.25) is 4.79 Å². The molecule has 1 atom stereocenters. The molecular formula is C17H20F2N8O. The van der Waals surface area contributed by atoms with Crippen LogP contribution in [0.4, 0.5) is 26.2 Å². The first-order chi connectivity index (χ1) is 13.4. The zero-order valence-corrected chi connectivity index (χ0v) is 15.1. The number of carbonyl (C=O) groups is 1. The van der Waals surface area contributed by atoms with Crippen LogP contribution < -0.4 is 21.7 Å². The third kappa shape index (κ3) is 4.14. The number of nitrogens with one attached hydrogen (secondary N) is 2. The molecule has 0 spiro atoms. The molecule has 28 heavy (non-hydrogen) atoms. The highest BCUT2D eigenvalue weighted by atomic mass is 19.3. The van der Waals surface area contributed by atoms with Crippen LogP contribution in [-0.2, 0) is 0 Å². The number of aromatic nitrogens is 4. The number of carbonyl (C=O) groups excluding carboxylic acids is 1. The fourth-order valence-corrected chi connectivity index (χ4v) is 2.77. The van der Waals surface area contributed by atoms with Crippen LogP contribution in [0.5, 0.6) is 0 Å². The lowest BCUT2D eigenvalue weighted by molar-refractivity contribution is 0.1000. The molecule has 0 aliphatic rings. The first kappa shape index (κ1) is 19.4. The van der Waals surface area contributed by atoms with Crippen molar-refractivity contribution in [1.29, 1.82) is 0 Å². The molecule has 9 nitrogen and oxygen atoms in total. The van der Waals surface area contributed by atoms with Crippen LogP contribution in [0, 0.1) is 0 Å². The summed E-state index contributed by atoms with van der Waals surface area (Å²) in [4.78, 5) is 29.1. The quantitative estimate of drug-likeness (QED) is 0.458. The number of nitrogens with zero attached hydrogens (tertiary/aromatic N) is 4. The van der Waals surface area contributed by atoms with Gasteiger partial charge >= 0.3 is 0 Å². The molecule has 0 bridgehead atoms. The Kier molecular flexibility index (Phi) is 5.64. The predicted octanol–water partition coefficient (Wildman–Crippen LogP) is 1.61. The number of rotatable bonds is 8. The smallest absolute Gasteiger partial charge is 0.254 e. The number of aromatic amines is 1. The number of anilines is 3. The monoisotopic (exact) mass is 390 g/mol. The molecule has 0 aliphatic heterocycles. The van der Waals surface area contributed by atoms with E-state index in [2.05, 4.69) is 25.3 Å². The van der Waals surface area contributed by atoms with Crippen LogP contribution in [0.1, 0.15) is 16.8 Å². The van der Waals surface area contributed by atoms with Crippen molar-refractivity contribution in [2.75, 3.05) is 23.8 Å². The van der Waals surface area contributed by atoms with Crippen LogP contribution >= 0.6 is 0 Å². The van der Waals surface area contributed by atoms with E-state index in [1.54, 1.807) is 30.4 Å². The van der Waals surface area contributed by atoms with Crippen LogP contribution in [0.3, 0.4) is 0 Å². The molecule has 6 N–H and O–H groups in total. The number of halogens is 2. The summed E-state index contributed by atoms with van der Waals surface area (Å²) >= 11 is 0. The van der Waals surface area contributed by atoms with Gasteiger partial charge in [-0.25, -0.2) is 18.7 Å². The molecule has 3 heterocycles. The summed E-state index contributed by atoms with van der Waals surface area (Å²) in [5.74, 6) is -0.278. The molecule has 0 aliphatic carbocycles. The number of alkyl halides is 2. The van der Waals surface area contributed by atoms with E-state index in [9.17, 15) is 13.6 Å². The average molecular weight is 390 g/mol. The van der Waals surface area contributed by atoms with Gasteiger partial charge in [0.05, 0.1) is 5.69 Å². The van der Waals surface area contributed by atoms with E-state index in [1.807, 2.05) is 6.07 Å². The molecule has 11 heteroatoms. The zero-order chi connectivity index (χ0) is 20.3. The van der Waals surface area contributed by atoms with Gasteiger partial charge in [0, 0.05) is 50.0 Å². The average Bonchev–Trinajstić information content (AvgIpc) is 3.13. The molecule has 0 fully saturated rings. The Hall–Kier alpha value is -3.34. The minimum Gasteiger partial charge on any atom is -0.365 e. The molecule has 0 saturated carbocycles. The first-order valence-corrected chi connectivity index (χ1v) is 8.47. The Labute approximate surface area is 159 Å². The Morgan fingerprint density at radius 2 is 2.14 bits per heavy atom. The number of hydrogen-bond acceptors (Lipinski definition) is 7. The summed E-state index contributed by atoms with van der Waals surface area (Å²) in [6.45, 7) is 0.0563. The zero-order valence-electron chi connectivity index (χ0n) is 15.1. The molecule has 3 aromatic heterocycles. The molecule has 1 unspecified atom stereocenters. The summed E-state index contributed by atoms with van der Waals surface area (Å²) in [6.07, 6.45) is 1.73. The van der Waals surface area contributed by atoms with Gasteiger partial charge in [0.2, 0.25) is 12.4 Å². The van der Waals surface area contributed by atoms with Crippen molar-refractivity contribution in [2.45, 2.75) is 18.9 Å². The number of hydrogen-bond donors (Lipinski definition) is 4. The van der Waals surface area contributed by atoms with E-state index in [0.717, 1.165) is 11.1 Å². The third-order valence-electron chi connectivity index (χ3n) is 4.15. The first-order valence-electron chi connectivity index (χ1n) is 8.47. The lowest BCUT2D eigenvalue weighted by atomic mass is 10.2. The van der Waals surface area contributed by atoms with Crippen LogP contribution in [0.2, 0.25) is 0 Å². The van der Waals surface area contributed by atoms with Crippen molar-refractivity contribution < 1.29 is 13.6 Å². The van der Waals surface area contributed by atoms with Crippen molar-refractivity contribution in [2.24, 2.45) is 11.5 Å². The van der Waals surface area contributed by atoms with Crippen LogP contribution in [0.15, 0.2) is 30.7 Å². The molecular weight excluding hydrogens is 370 g/mol. The standard InChI is InChI=1S/C17H20F2N8O/c1-27(12-3-5-23-15-10(12)2-4-22-15)16-11(14(21)28)8-25-17(26-16)24-7-9(20)6-13(18)19/h2-5,8-9,13H,6-7,20H2,1H3,(H2,21,28)(H,22,23)(H,24,25,26). The lowest BCUT2D eigenvalue weighted by Crippen LogP contribution is -2.31. The number of H-pyrrole nitrogens is 1. The van der Waals surface area contributed by atoms with E-state index >= 15 is 0 Å². The van der Waals surface area contributed by atoms with Gasteiger partial charge in [-0.15, -0.1) is 0 Å². The summed E-state index contributed by atoms with van der Waals surface area (Å²) in [5, 5.41) is 3.64. The fourth-order valence-electron chi connectivity index (χ4n) is 2.77. The molecule has 0 radical (unpaired) electrons. The van der Waals surface area contributed by atoms with Crippen molar-refractivity contribution in [3.63, 3.8) is 0 Å². The summed E-state index contributed by atoms with van der Waals surface area (Å²) in [6, 6.07) is 2.86.